The second kappa shape index (κ2) is 5.45. The van der Waals surface area contributed by atoms with E-state index >= 15 is 0 Å². The highest BCUT2D eigenvalue weighted by Gasteiger charge is 2.05. The van der Waals surface area contributed by atoms with E-state index in [1.54, 1.807) is 0 Å². The number of nitrogens with one attached hydrogen (secondary N) is 1. The molecule has 0 radical (unpaired) electrons. The molecule has 0 aliphatic rings. The summed E-state index contributed by atoms with van der Waals surface area (Å²) in [4.78, 5) is 0. The fraction of sp³-hybridized carbons (Fsp3) is 0.250. The summed E-state index contributed by atoms with van der Waals surface area (Å²) < 4.78 is 0. The maximum atomic E-state index is 6.20. The lowest BCUT2D eigenvalue weighted by Gasteiger charge is -2.13. The monoisotopic (exact) mass is 259 g/mol. The Balaban J connectivity index is 2.19. The molecule has 18 heavy (non-hydrogen) atoms. The number of rotatable bonds is 3. The van der Waals surface area contributed by atoms with Crippen molar-refractivity contribution in [2.45, 2.75) is 27.3 Å². The number of hydrogen-bond acceptors (Lipinski definition) is 1. The molecule has 1 N–H and O–H groups in total. The molecular formula is C16H18ClN. The van der Waals surface area contributed by atoms with Crippen molar-refractivity contribution in [3.8, 4) is 0 Å². The van der Waals surface area contributed by atoms with Gasteiger partial charge in [0.05, 0.1) is 10.7 Å². The Morgan fingerprint density at radius 1 is 0.944 bits per heavy atom. The minimum absolute atomic E-state index is 0.778. The molecule has 0 aliphatic heterocycles. The normalized spacial score (nSPS) is 10.4. The highest BCUT2D eigenvalue weighted by molar-refractivity contribution is 6.33. The van der Waals surface area contributed by atoms with Gasteiger partial charge in [-0.25, -0.2) is 0 Å². The molecule has 94 valence electrons. The Morgan fingerprint density at radius 2 is 1.61 bits per heavy atom. The molecule has 0 unspecified atom stereocenters. The highest BCUT2D eigenvalue weighted by Crippen LogP contribution is 2.26. The van der Waals surface area contributed by atoms with Crippen molar-refractivity contribution in [3.05, 3.63) is 63.7 Å². The zero-order chi connectivity index (χ0) is 13.1. The third kappa shape index (κ3) is 2.68. The fourth-order valence-corrected chi connectivity index (χ4v) is 2.33. The quantitative estimate of drug-likeness (QED) is 0.829. The molecule has 0 bridgehead atoms. The van der Waals surface area contributed by atoms with Crippen LogP contribution in [0, 0.1) is 20.8 Å². The number of benzene rings is 2. The van der Waals surface area contributed by atoms with E-state index in [2.05, 4.69) is 50.4 Å². The van der Waals surface area contributed by atoms with Gasteiger partial charge in [0.1, 0.15) is 0 Å². The van der Waals surface area contributed by atoms with Crippen LogP contribution in [0.5, 0.6) is 0 Å². The molecule has 2 heteroatoms. The van der Waals surface area contributed by atoms with Crippen LogP contribution in [0.3, 0.4) is 0 Å². The van der Waals surface area contributed by atoms with Crippen LogP contribution in [-0.4, -0.2) is 0 Å². The maximum absolute atomic E-state index is 6.20. The van der Waals surface area contributed by atoms with E-state index < -0.39 is 0 Å². The van der Waals surface area contributed by atoms with Crippen molar-refractivity contribution < 1.29 is 0 Å². The van der Waals surface area contributed by atoms with E-state index in [0.717, 1.165) is 17.3 Å². The van der Waals surface area contributed by atoms with E-state index in [1.807, 2.05) is 12.1 Å². The van der Waals surface area contributed by atoms with E-state index in [4.69, 9.17) is 11.6 Å². The summed E-state index contributed by atoms with van der Waals surface area (Å²) in [5.41, 5.74) is 6.18. The average molecular weight is 260 g/mol. The van der Waals surface area contributed by atoms with E-state index in [0.29, 0.717) is 0 Å². The lowest BCUT2D eigenvalue weighted by Crippen LogP contribution is -2.04. The number of para-hydroxylation sites is 1. The molecule has 0 aliphatic carbocycles. The first-order valence-electron chi connectivity index (χ1n) is 6.13. The third-order valence-electron chi connectivity index (χ3n) is 3.39. The van der Waals surface area contributed by atoms with Crippen molar-refractivity contribution in [3.63, 3.8) is 0 Å². The Hall–Kier alpha value is -1.47. The molecule has 0 spiro atoms. The van der Waals surface area contributed by atoms with Gasteiger partial charge in [-0.1, -0.05) is 41.9 Å². The summed E-state index contributed by atoms with van der Waals surface area (Å²) in [6.45, 7) is 7.17. The molecule has 1 nitrogen and oxygen atoms in total. The van der Waals surface area contributed by atoms with Crippen LogP contribution in [0.4, 0.5) is 5.69 Å². The van der Waals surface area contributed by atoms with Crippen molar-refractivity contribution in [2.24, 2.45) is 0 Å². The van der Waals surface area contributed by atoms with Gasteiger partial charge in [-0.15, -0.1) is 0 Å². The molecule has 0 amide bonds. The summed E-state index contributed by atoms with van der Waals surface area (Å²) in [7, 11) is 0. The first kappa shape index (κ1) is 13.0. The Labute approximate surface area is 114 Å². The first-order valence-corrected chi connectivity index (χ1v) is 6.51. The van der Waals surface area contributed by atoms with Crippen LogP contribution in [0.15, 0.2) is 36.4 Å². The molecule has 2 aromatic rings. The van der Waals surface area contributed by atoms with Gasteiger partial charge in [-0.2, -0.15) is 0 Å². The fourth-order valence-electron chi connectivity index (χ4n) is 2.04. The van der Waals surface area contributed by atoms with Crippen LogP contribution in [0.1, 0.15) is 22.3 Å². The van der Waals surface area contributed by atoms with Gasteiger partial charge in [-0.3, -0.25) is 0 Å². The van der Waals surface area contributed by atoms with Crippen molar-refractivity contribution in [1.82, 2.24) is 0 Å². The van der Waals surface area contributed by atoms with Gasteiger partial charge >= 0.3 is 0 Å². The minimum atomic E-state index is 0.778. The zero-order valence-electron chi connectivity index (χ0n) is 11.0. The van der Waals surface area contributed by atoms with Gasteiger partial charge < -0.3 is 5.32 Å². The summed E-state index contributed by atoms with van der Waals surface area (Å²) in [6, 6.07) is 12.3. The van der Waals surface area contributed by atoms with Crippen LogP contribution in [0.25, 0.3) is 0 Å². The first-order chi connectivity index (χ1) is 8.59. The average Bonchev–Trinajstić information content (AvgIpc) is 2.33. The molecule has 0 heterocycles. The Kier molecular flexibility index (Phi) is 3.93. The van der Waals surface area contributed by atoms with Crippen molar-refractivity contribution in [2.75, 3.05) is 5.32 Å². The SMILES string of the molecule is Cc1cccc(CNc2c(C)cccc2Cl)c1C. The van der Waals surface area contributed by atoms with Crippen LogP contribution in [0.2, 0.25) is 5.02 Å². The van der Waals surface area contributed by atoms with Gasteiger partial charge in [-0.05, 0) is 49.1 Å². The Morgan fingerprint density at radius 3 is 2.33 bits per heavy atom. The largest absolute Gasteiger partial charge is 0.380 e. The lowest BCUT2D eigenvalue weighted by molar-refractivity contribution is 1.10. The van der Waals surface area contributed by atoms with E-state index in [1.165, 1.54) is 22.3 Å². The summed E-state index contributed by atoms with van der Waals surface area (Å²) in [5.74, 6) is 0. The summed E-state index contributed by atoms with van der Waals surface area (Å²) in [6.07, 6.45) is 0. The molecule has 0 saturated carbocycles. The number of anilines is 1. The number of hydrogen-bond donors (Lipinski definition) is 1. The number of halogens is 1. The van der Waals surface area contributed by atoms with Gasteiger partial charge in [0, 0.05) is 6.54 Å². The zero-order valence-corrected chi connectivity index (χ0v) is 11.8. The predicted molar refractivity (Wildman–Crippen MR) is 79.4 cm³/mol. The minimum Gasteiger partial charge on any atom is -0.380 e. The Bertz CT molecular complexity index is 541. The topological polar surface area (TPSA) is 12.0 Å². The van der Waals surface area contributed by atoms with Gasteiger partial charge in [0.15, 0.2) is 0 Å². The van der Waals surface area contributed by atoms with Gasteiger partial charge in [0.25, 0.3) is 0 Å². The third-order valence-corrected chi connectivity index (χ3v) is 3.71. The highest BCUT2D eigenvalue weighted by atomic mass is 35.5. The standard InChI is InChI=1S/C16H18ClN/c1-11-6-4-8-14(13(11)3)10-18-16-12(2)7-5-9-15(16)17/h4-9,18H,10H2,1-3H3. The second-order valence-corrected chi connectivity index (χ2v) is 5.05. The molecule has 0 atom stereocenters. The van der Waals surface area contributed by atoms with Crippen LogP contribution >= 0.6 is 11.6 Å². The molecule has 0 aromatic heterocycles. The summed E-state index contributed by atoms with van der Waals surface area (Å²) in [5, 5.41) is 4.21. The summed E-state index contributed by atoms with van der Waals surface area (Å²) >= 11 is 6.20. The molecule has 0 saturated heterocycles. The second-order valence-electron chi connectivity index (χ2n) is 4.64. The molecular weight excluding hydrogens is 242 g/mol. The van der Waals surface area contributed by atoms with Crippen LogP contribution in [-0.2, 0) is 6.54 Å². The smallest absolute Gasteiger partial charge is 0.0640 e. The van der Waals surface area contributed by atoms with Crippen LogP contribution < -0.4 is 5.32 Å². The maximum Gasteiger partial charge on any atom is 0.0640 e. The van der Waals surface area contributed by atoms with Gasteiger partial charge in [0.2, 0.25) is 0 Å². The number of aryl methyl sites for hydroxylation is 2. The predicted octanol–water partition coefficient (Wildman–Crippen LogP) is 4.88. The molecule has 0 fully saturated rings. The van der Waals surface area contributed by atoms with E-state index in [9.17, 15) is 0 Å². The lowest BCUT2D eigenvalue weighted by atomic mass is 10.0. The van der Waals surface area contributed by atoms with Crippen molar-refractivity contribution in [1.29, 1.82) is 0 Å². The van der Waals surface area contributed by atoms with E-state index in [-0.39, 0.29) is 0 Å². The molecule has 2 aromatic carbocycles. The van der Waals surface area contributed by atoms with Crippen molar-refractivity contribution >= 4 is 17.3 Å². The molecule has 2 rings (SSSR count).